The number of aryl methyl sites for hydroxylation is 1. The van der Waals surface area contributed by atoms with Gasteiger partial charge in [-0.3, -0.25) is 47.9 Å². The number of fused-ring (bicyclic) bond motifs is 6. The first-order chi connectivity index (χ1) is 42.4. The van der Waals surface area contributed by atoms with E-state index >= 15 is 0 Å². The molecule has 0 amide bonds. The van der Waals surface area contributed by atoms with Crippen molar-refractivity contribution >= 4 is 100 Å². The molecule has 1 heterocycles. The maximum Gasteiger partial charge on any atom is 0.340 e. The number of hydrogen-bond acceptors (Lipinski definition) is 28. The fraction of sp³-hybridized carbons (Fsp3) is 0.417. The van der Waals surface area contributed by atoms with E-state index in [4.69, 9.17) is 94.3 Å². The lowest BCUT2D eigenvalue weighted by Gasteiger charge is -2.45. The summed E-state index contributed by atoms with van der Waals surface area (Å²) in [5, 5.41) is -0.0834. The van der Waals surface area contributed by atoms with Crippen LogP contribution in [0.5, 0.6) is 23.0 Å². The Morgan fingerprint density at radius 1 is 0.467 bits per heavy atom. The molecular formula is C60H64Cl2N2O26. The average molecular weight is 1300 g/mol. The van der Waals surface area contributed by atoms with Crippen LogP contribution in [0, 0.1) is 6.92 Å². The van der Waals surface area contributed by atoms with Crippen molar-refractivity contribution in [3.8, 4) is 23.0 Å². The lowest BCUT2D eigenvalue weighted by Crippen LogP contribution is -2.41. The number of ether oxygens (including phenoxy) is 15. The fourth-order valence-corrected chi connectivity index (χ4v) is 9.80. The third-order valence-corrected chi connectivity index (χ3v) is 13.6. The number of carbonyl (C=O) groups is 11. The molecule has 4 aromatic carbocycles. The molecule has 0 aromatic heterocycles. The average Bonchev–Trinajstić information content (AvgIpc) is 1.32. The van der Waals surface area contributed by atoms with Crippen molar-refractivity contribution in [1.29, 1.82) is 0 Å². The largest absolute Gasteiger partial charge is 0.488 e. The smallest absolute Gasteiger partial charge is 0.340 e. The van der Waals surface area contributed by atoms with Gasteiger partial charge >= 0.3 is 65.7 Å². The lowest BCUT2D eigenvalue weighted by atomic mass is 9.61. The number of halogens is 2. The van der Waals surface area contributed by atoms with Gasteiger partial charge in [-0.15, -0.1) is 0 Å². The Balaban J connectivity index is 1.55. The van der Waals surface area contributed by atoms with Gasteiger partial charge in [0.05, 0.1) is 27.0 Å². The normalized spacial score (nSPS) is 14.4. The molecule has 28 nitrogen and oxygen atoms in total. The first-order valence-electron chi connectivity index (χ1n) is 27.2. The van der Waals surface area contributed by atoms with Gasteiger partial charge in [-0.2, -0.15) is 0 Å². The van der Waals surface area contributed by atoms with E-state index in [2.05, 4.69) is 0 Å². The van der Waals surface area contributed by atoms with Gasteiger partial charge in [0.1, 0.15) is 62.4 Å². The van der Waals surface area contributed by atoms with Crippen LogP contribution in [0.4, 0.5) is 11.4 Å². The van der Waals surface area contributed by atoms with Crippen LogP contribution in [0.1, 0.15) is 113 Å². The molecule has 4 aromatic rings. The predicted molar refractivity (Wildman–Crippen MR) is 308 cm³/mol. The SMILES string of the molecule is CC(=O)OCOC(=O)CN(CC(=O)OCOC(C)=O)c1ccc(C)cc1OCCOc1cc2c(cc1N(CC(=O)OCOC(C)=O)CC(=O)OCOC(C)=O)C(=O)OC21c2cc(Cl)c(OC(C)OC(C)=O)cc2C(C)(C)c2cc(OC(C)OC(C)=O)c(Cl)cc21. The van der Waals surface area contributed by atoms with E-state index in [1.54, 1.807) is 31.2 Å². The summed E-state index contributed by atoms with van der Waals surface area (Å²) in [6.45, 7) is 8.10. The Morgan fingerprint density at radius 3 is 1.21 bits per heavy atom. The Labute approximate surface area is 524 Å². The summed E-state index contributed by atoms with van der Waals surface area (Å²) in [5.74, 6) is -9.47. The minimum Gasteiger partial charge on any atom is -0.488 e. The molecule has 0 radical (unpaired) electrons. The first kappa shape index (κ1) is 69.5. The number of benzene rings is 4. The highest BCUT2D eigenvalue weighted by atomic mass is 35.5. The molecule has 1 aliphatic carbocycles. The van der Waals surface area contributed by atoms with Crippen LogP contribution in [-0.4, -0.2) is 145 Å². The second kappa shape index (κ2) is 30.6. The van der Waals surface area contributed by atoms with Crippen molar-refractivity contribution in [1.82, 2.24) is 0 Å². The molecule has 6 rings (SSSR count). The minimum absolute atomic E-state index is 0.0417. The molecule has 1 spiro atoms. The molecule has 0 saturated heterocycles. The van der Waals surface area contributed by atoms with Crippen molar-refractivity contribution in [3.63, 3.8) is 0 Å². The number of esters is 11. The molecule has 2 aliphatic rings. The zero-order valence-electron chi connectivity index (χ0n) is 50.7. The number of nitrogens with zero attached hydrogens (tertiary/aromatic N) is 2. The molecule has 0 N–H and O–H groups in total. The molecule has 0 bridgehead atoms. The quantitative estimate of drug-likeness (QED) is 0.0249. The summed E-state index contributed by atoms with van der Waals surface area (Å²) in [6, 6.07) is 13.5. The minimum atomic E-state index is -2.04. The summed E-state index contributed by atoms with van der Waals surface area (Å²) >= 11 is 14.1. The monoisotopic (exact) mass is 1300 g/mol. The number of anilines is 2. The van der Waals surface area contributed by atoms with Crippen LogP contribution < -0.4 is 28.7 Å². The van der Waals surface area contributed by atoms with Crippen LogP contribution in [0.2, 0.25) is 10.0 Å². The van der Waals surface area contributed by atoms with Gasteiger partial charge < -0.3 is 80.9 Å². The molecule has 484 valence electrons. The van der Waals surface area contributed by atoms with Gasteiger partial charge in [-0.25, -0.2) is 4.79 Å². The fourth-order valence-electron chi connectivity index (χ4n) is 9.38. The maximum absolute atomic E-state index is 15.0. The van der Waals surface area contributed by atoms with Gasteiger partial charge in [0, 0.05) is 77.5 Å². The number of rotatable bonds is 29. The zero-order valence-corrected chi connectivity index (χ0v) is 52.2. The first-order valence-corrected chi connectivity index (χ1v) is 28.0. The molecule has 90 heavy (non-hydrogen) atoms. The van der Waals surface area contributed by atoms with Crippen molar-refractivity contribution in [2.75, 3.05) is 76.4 Å². The molecule has 2 atom stereocenters. The van der Waals surface area contributed by atoms with Crippen LogP contribution >= 0.6 is 23.2 Å². The molecule has 30 heteroatoms. The van der Waals surface area contributed by atoms with E-state index in [0.717, 1.165) is 32.6 Å². The van der Waals surface area contributed by atoms with Crippen LogP contribution in [0.25, 0.3) is 0 Å². The Morgan fingerprint density at radius 2 is 0.833 bits per heavy atom. The van der Waals surface area contributed by atoms with Gasteiger partial charge in [0.15, 0.2) is 5.60 Å². The van der Waals surface area contributed by atoms with Crippen LogP contribution in [0.15, 0.2) is 54.6 Å². The van der Waals surface area contributed by atoms with E-state index in [9.17, 15) is 52.7 Å². The summed E-state index contributed by atoms with van der Waals surface area (Å²) < 4.78 is 81.7. The third kappa shape index (κ3) is 18.0. The summed E-state index contributed by atoms with van der Waals surface area (Å²) in [4.78, 5) is 141. The van der Waals surface area contributed by atoms with Crippen molar-refractivity contribution < 1.29 is 124 Å². The van der Waals surface area contributed by atoms with Crippen molar-refractivity contribution in [3.05, 3.63) is 104 Å². The van der Waals surface area contributed by atoms with Crippen LogP contribution in [0.3, 0.4) is 0 Å². The second-order valence-corrected chi connectivity index (χ2v) is 21.1. The van der Waals surface area contributed by atoms with E-state index in [1.807, 2.05) is 13.8 Å². The molecular weight excluding hydrogens is 1240 g/mol. The topological polar surface area (TPSA) is 333 Å². The third-order valence-electron chi connectivity index (χ3n) is 13.0. The van der Waals surface area contributed by atoms with Gasteiger partial charge in [0.25, 0.3) is 0 Å². The predicted octanol–water partition coefficient (Wildman–Crippen LogP) is 6.31. The molecule has 2 unspecified atom stereocenters. The number of hydrogen-bond donors (Lipinski definition) is 0. The van der Waals surface area contributed by atoms with Gasteiger partial charge in [-0.1, -0.05) is 43.1 Å². The summed E-state index contributed by atoms with van der Waals surface area (Å²) in [7, 11) is 0. The van der Waals surface area contributed by atoms with E-state index < -0.39 is 149 Å². The maximum atomic E-state index is 15.0. The van der Waals surface area contributed by atoms with Crippen LogP contribution in [-0.2, 0) is 111 Å². The van der Waals surface area contributed by atoms with E-state index in [1.165, 1.54) is 62.9 Å². The van der Waals surface area contributed by atoms with Gasteiger partial charge in [-0.05, 0) is 72.1 Å². The Hall–Kier alpha value is -9.57. The standard InChI is InChI=1S/C60H64Cl2N2O26/c1-31-12-13-48(63(23-54(71)82-27-78-32(2)65)24-55(72)83-28-79-33(3)66)52(16-31)76-14-15-77-53-20-41-40(17-49(53)64(25-56(73)84-29-80-34(4)67)26-57(74)85-30-81-35(5)68)58(75)90-60(41)44-18-46(61)50(88-38(8)86-36(6)69)21-42(44)59(10,11)43-22-51(47(62)19-45(43)60)89-39(9)87-37(7)70/h12-13,16-22,38-39H,14-15,23-30H2,1-11H3. The molecule has 0 saturated carbocycles. The summed E-state index contributed by atoms with van der Waals surface area (Å²) in [5.41, 5.74) is -1.32. The van der Waals surface area contributed by atoms with E-state index in [0.29, 0.717) is 16.7 Å². The second-order valence-electron chi connectivity index (χ2n) is 20.3. The lowest BCUT2D eigenvalue weighted by molar-refractivity contribution is -0.167. The van der Waals surface area contributed by atoms with Crippen molar-refractivity contribution in [2.45, 2.75) is 99.8 Å². The van der Waals surface area contributed by atoms with Crippen molar-refractivity contribution in [2.24, 2.45) is 0 Å². The highest BCUT2D eigenvalue weighted by Crippen LogP contribution is 2.60. The Kier molecular flexibility index (Phi) is 23.6. The highest BCUT2D eigenvalue weighted by Gasteiger charge is 2.57. The molecule has 1 aliphatic heterocycles. The molecule has 0 fully saturated rings. The highest BCUT2D eigenvalue weighted by molar-refractivity contribution is 6.32. The van der Waals surface area contributed by atoms with Gasteiger partial charge in [0.2, 0.25) is 39.8 Å². The van der Waals surface area contributed by atoms with E-state index in [-0.39, 0.29) is 73.3 Å². The summed E-state index contributed by atoms with van der Waals surface area (Å²) in [6.07, 6.45) is -2.30. The Bertz CT molecular complexity index is 3300. The number of carbonyl (C=O) groups excluding carboxylic acids is 11. The zero-order chi connectivity index (χ0) is 66.4.